The SMILES string of the molecule is O=Cc1c(OCC(=O)Nc2cc(C(F)(F)F)ccc2Cl)ccc2ccccc12. The molecule has 0 unspecified atom stereocenters. The zero-order valence-electron chi connectivity index (χ0n) is 14.2. The van der Waals surface area contributed by atoms with Crippen LogP contribution in [0.25, 0.3) is 10.8 Å². The number of benzene rings is 3. The molecule has 3 rings (SSSR count). The highest BCUT2D eigenvalue weighted by molar-refractivity contribution is 6.33. The number of carbonyl (C=O) groups excluding carboxylic acids is 2. The summed E-state index contributed by atoms with van der Waals surface area (Å²) in [6.07, 6.45) is -3.94. The van der Waals surface area contributed by atoms with E-state index < -0.39 is 24.3 Å². The summed E-state index contributed by atoms with van der Waals surface area (Å²) >= 11 is 5.85. The first-order valence-corrected chi connectivity index (χ1v) is 8.43. The Morgan fingerprint density at radius 1 is 1.11 bits per heavy atom. The number of aldehydes is 1. The van der Waals surface area contributed by atoms with Crippen molar-refractivity contribution in [2.45, 2.75) is 6.18 Å². The number of nitrogens with one attached hydrogen (secondary N) is 1. The summed E-state index contributed by atoms with van der Waals surface area (Å²) in [7, 11) is 0. The molecule has 0 heterocycles. The van der Waals surface area contributed by atoms with E-state index in [1.165, 1.54) is 0 Å². The van der Waals surface area contributed by atoms with Crippen molar-refractivity contribution >= 4 is 40.3 Å². The second kappa shape index (κ2) is 7.90. The lowest BCUT2D eigenvalue weighted by Gasteiger charge is -2.13. The second-order valence-electron chi connectivity index (χ2n) is 5.85. The minimum Gasteiger partial charge on any atom is -0.483 e. The molecular weight excluding hydrogens is 395 g/mol. The Morgan fingerprint density at radius 3 is 2.57 bits per heavy atom. The van der Waals surface area contributed by atoms with Crippen molar-refractivity contribution < 1.29 is 27.5 Å². The number of hydrogen-bond donors (Lipinski definition) is 1. The number of alkyl halides is 3. The van der Waals surface area contributed by atoms with Crippen LogP contribution >= 0.6 is 11.6 Å². The first-order valence-electron chi connectivity index (χ1n) is 8.06. The molecule has 0 aliphatic rings. The highest BCUT2D eigenvalue weighted by Crippen LogP contribution is 2.34. The van der Waals surface area contributed by atoms with Gasteiger partial charge >= 0.3 is 6.18 Å². The highest BCUT2D eigenvalue weighted by Gasteiger charge is 2.31. The molecule has 144 valence electrons. The van der Waals surface area contributed by atoms with Crippen LogP contribution in [-0.2, 0) is 11.0 Å². The number of fused-ring (bicyclic) bond motifs is 1. The smallest absolute Gasteiger partial charge is 0.416 e. The molecule has 0 aromatic heterocycles. The van der Waals surface area contributed by atoms with Crippen molar-refractivity contribution in [1.82, 2.24) is 0 Å². The number of amides is 1. The van der Waals surface area contributed by atoms with Crippen molar-refractivity contribution in [3.05, 3.63) is 70.7 Å². The van der Waals surface area contributed by atoms with Gasteiger partial charge in [-0.25, -0.2) is 0 Å². The maximum atomic E-state index is 12.8. The summed E-state index contributed by atoms with van der Waals surface area (Å²) < 4.78 is 43.8. The number of anilines is 1. The molecule has 0 saturated heterocycles. The molecule has 1 amide bonds. The van der Waals surface area contributed by atoms with Crippen LogP contribution in [0.4, 0.5) is 18.9 Å². The lowest BCUT2D eigenvalue weighted by atomic mass is 10.0. The average Bonchev–Trinajstić information content (AvgIpc) is 2.66. The van der Waals surface area contributed by atoms with Gasteiger partial charge in [-0.1, -0.05) is 41.9 Å². The molecule has 4 nitrogen and oxygen atoms in total. The van der Waals surface area contributed by atoms with Crippen molar-refractivity contribution in [2.24, 2.45) is 0 Å². The third-order valence-corrected chi connectivity index (χ3v) is 4.30. The molecule has 0 fully saturated rings. The molecule has 0 saturated carbocycles. The molecule has 0 aliphatic carbocycles. The van der Waals surface area contributed by atoms with Gasteiger partial charge in [0.1, 0.15) is 5.75 Å². The normalized spacial score (nSPS) is 11.3. The van der Waals surface area contributed by atoms with Gasteiger partial charge in [0.15, 0.2) is 12.9 Å². The van der Waals surface area contributed by atoms with Gasteiger partial charge in [0.2, 0.25) is 0 Å². The second-order valence-corrected chi connectivity index (χ2v) is 6.25. The lowest BCUT2D eigenvalue weighted by Crippen LogP contribution is -2.21. The van der Waals surface area contributed by atoms with Crippen LogP contribution in [0.1, 0.15) is 15.9 Å². The largest absolute Gasteiger partial charge is 0.483 e. The Balaban J connectivity index is 1.75. The first-order chi connectivity index (χ1) is 13.3. The van der Waals surface area contributed by atoms with Crippen LogP contribution in [0.15, 0.2) is 54.6 Å². The van der Waals surface area contributed by atoms with Crippen LogP contribution < -0.4 is 10.1 Å². The predicted octanol–water partition coefficient (Wildman–Crippen LogP) is 5.34. The van der Waals surface area contributed by atoms with Crippen LogP contribution in [0.3, 0.4) is 0 Å². The molecule has 3 aromatic carbocycles. The number of halogens is 4. The van der Waals surface area contributed by atoms with Gasteiger partial charge in [-0.2, -0.15) is 13.2 Å². The van der Waals surface area contributed by atoms with Gasteiger partial charge in [0.05, 0.1) is 21.8 Å². The Labute approximate surface area is 162 Å². The summed E-state index contributed by atoms with van der Waals surface area (Å²) in [5.74, 6) is -0.523. The van der Waals surface area contributed by atoms with E-state index in [1.54, 1.807) is 24.3 Å². The fourth-order valence-electron chi connectivity index (χ4n) is 2.65. The molecule has 8 heteroatoms. The number of carbonyl (C=O) groups is 2. The summed E-state index contributed by atoms with van der Waals surface area (Å²) in [4.78, 5) is 23.5. The van der Waals surface area contributed by atoms with Crippen molar-refractivity contribution in [3.8, 4) is 5.75 Å². The molecule has 0 bridgehead atoms. The fraction of sp³-hybridized carbons (Fsp3) is 0.100. The van der Waals surface area contributed by atoms with E-state index in [-0.39, 0.29) is 22.0 Å². The van der Waals surface area contributed by atoms with E-state index >= 15 is 0 Å². The molecule has 0 atom stereocenters. The van der Waals surface area contributed by atoms with Crippen molar-refractivity contribution in [1.29, 1.82) is 0 Å². The Kier molecular flexibility index (Phi) is 5.56. The molecule has 28 heavy (non-hydrogen) atoms. The number of rotatable bonds is 5. The Bertz CT molecular complexity index is 1050. The van der Waals surface area contributed by atoms with E-state index in [0.717, 1.165) is 23.6 Å². The van der Waals surface area contributed by atoms with Gasteiger partial charge in [-0.05, 0) is 35.0 Å². The van der Waals surface area contributed by atoms with Crippen LogP contribution in [0.5, 0.6) is 5.75 Å². The summed E-state index contributed by atoms with van der Waals surface area (Å²) in [5, 5.41) is 3.74. The highest BCUT2D eigenvalue weighted by atomic mass is 35.5. The summed E-state index contributed by atoms with van der Waals surface area (Å²) in [6, 6.07) is 13.1. The van der Waals surface area contributed by atoms with Crippen LogP contribution in [-0.4, -0.2) is 18.8 Å². The maximum absolute atomic E-state index is 12.8. The molecule has 0 spiro atoms. The number of hydrogen-bond acceptors (Lipinski definition) is 3. The Hall–Kier alpha value is -3.06. The van der Waals surface area contributed by atoms with Crippen molar-refractivity contribution in [2.75, 3.05) is 11.9 Å². The third-order valence-electron chi connectivity index (χ3n) is 3.98. The third kappa shape index (κ3) is 4.26. The zero-order chi connectivity index (χ0) is 20.3. The van der Waals surface area contributed by atoms with E-state index in [4.69, 9.17) is 16.3 Å². The van der Waals surface area contributed by atoms with Crippen LogP contribution in [0, 0.1) is 0 Å². The summed E-state index contributed by atoms with van der Waals surface area (Å²) in [5.41, 5.74) is -0.840. The van der Waals surface area contributed by atoms with Gasteiger partial charge < -0.3 is 10.1 Å². The fourth-order valence-corrected chi connectivity index (χ4v) is 2.81. The van der Waals surface area contributed by atoms with Crippen molar-refractivity contribution in [3.63, 3.8) is 0 Å². The first kappa shape index (κ1) is 19.7. The zero-order valence-corrected chi connectivity index (χ0v) is 15.0. The van der Waals surface area contributed by atoms with Gasteiger partial charge in [-0.3, -0.25) is 9.59 Å². The van der Waals surface area contributed by atoms with E-state index in [0.29, 0.717) is 11.7 Å². The molecule has 0 radical (unpaired) electrons. The van der Waals surface area contributed by atoms with Gasteiger partial charge in [-0.15, -0.1) is 0 Å². The average molecular weight is 408 g/mol. The minimum atomic E-state index is -4.56. The topological polar surface area (TPSA) is 55.4 Å². The van der Waals surface area contributed by atoms with E-state index in [9.17, 15) is 22.8 Å². The minimum absolute atomic E-state index is 0.0411. The molecular formula is C20H13ClF3NO3. The molecule has 0 aliphatic heterocycles. The monoisotopic (exact) mass is 407 g/mol. The summed E-state index contributed by atoms with van der Waals surface area (Å²) in [6.45, 7) is -0.508. The maximum Gasteiger partial charge on any atom is 0.416 e. The predicted molar refractivity (Wildman–Crippen MR) is 99.9 cm³/mol. The lowest BCUT2D eigenvalue weighted by molar-refractivity contribution is -0.137. The quantitative estimate of drug-likeness (QED) is 0.581. The van der Waals surface area contributed by atoms with Gasteiger partial charge in [0.25, 0.3) is 5.91 Å². The molecule has 1 N–H and O–H groups in total. The number of ether oxygens (including phenoxy) is 1. The van der Waals surface area contributed by atoms with Crippen LogP contribution in [0.2, 0.25) is 5.02 Å². The van der Waals surface area contributed by atoms with Gasteiger partial charge in [0, 0.05) is 0 Å². The standard InChI is InChI=1S/C20H13ClF3NO3/c21-16-7-6-13(20(22,23)24)9-17(16)25-19(27)11-28-18-8-5-12-3-1-2-4-14(12)15(18)10-26/h1-10H,11H2,(H,25,27). The Morgan fingerprint density at radius 2 is 1.86 bits per heavy atom. The molecule has 3 aromatic rings. The van der Waals surface area contributed by atoms with E-state index in [2.05, 4.69) is 5.32 Å². The van der Waals surface area contributed by atoms with E-state index in [1.807, 2.05) is 12.1 Å².